The van der Waals surface area contributed by atoms with Gasteiger partial charge in [-0.3, -0.25) is 9.59 Å². The van der Waals surface area contributed by atoms with Gasteiger partial charge < -0.3 is 11.5 Å². The minimum absolute atomic E-state index is 0. The summed E-state index contributed by atoms with van der Waals surface area (Å²) in [6, 6.07) is 0. The molecule has 0 heterocycles. The van der Waals surface area contributed by atoms with Crippen molar-refractivity contribution in [3.8, 4) is 0 Å². The molecule has 0 bridgehead atoms. The fourth-order valence-electron chi connectivity index (χ4n) is 0. The molecule has 0 aromatic carbocycles. The van der Waals surface area contributed by atoms with Crippen LogP contribution in [0.1, 0.15) is 27.7 Å². The molecule has 0 aliphatic heterocycles. The van der Waals surface area contributed by atoms with Gasteiger partial charge in [0, 0.05) is 17.1 Å². The Morgan fingerprint density at radius 2 is 0.846 bits per heavy atom. The summed E-state index contributed by atoms with van der Waals surface area (Å²) in [4.78, 5) is 18.2. The molecule has 0 unspecified atom stereocenters. The van der Waals surface area contributed by atoms with E-state index in [4.69, 9.17) is 9.59 Å². The Morgan fingerprint density at radius 3 is 0.846 bits per heavy atom. The molecule has 82 valence electrons. The Labute approximate surface area is 101 Å². The van der Waals surface area contributed by atoms with Gasteiger partial charge in [-0.05, 0) is 0 Å². The van der Waals surface area contributed by atoms with E-state index in [1.54, 1.807) is 0 Å². The molecule has 0 aliphatic carbocycles. The smallest absolute Gasteiger partial charge is 0.273 e. The Balaban J connectivity index is -0.0000000226. The van der Waals surface area contributed by atoms with E-state index < -0.39 is 10.5 Å². The Kier molecular flexibility index (Phi) is 89.7. The fraction of sp³-hybridized carbons (Fsp3) is 0.667. The van der Waals surface area contributed by atoms with Gasteiger partial charge in [-0.15, -0.1) is 0 Å². The second-order valence-electron chi connectivity index (χ2n) is 0.676. The van der Waals surface area contributed by atoms with Crippen LogP contribution in [0.4, 0.5) is 9.59 Å². The molecule has 0 rings (SSSR count). The minimum Gasteiger partial charge on any atom is -0.361 e. The molecule has 2 radical (unpaired) electrons. The van der Waals surface area contributed by atoms with Gasteiger partial charge in [0.25, 0.3) is 10.5 Å². The minimum atomic E-state index is -0.639. The first-order chi connectivity index (χ1) is 5.46. The van der Waals surface area contributed by atoms with E-state index in [0.717, 1.165) is 0 Å². The number of thiol groups is 2. The predicted octanol–water partition coefficient (Wildman–Crippen LogP) is 1.66. The molecule has 13 heavy (non-hydrogen) atoms. The first kappa shape index (κ1) is 29.2. The molecule has 0 spiro atoms. The van der Waals surface area contributed by atoms with Crippen LogP contribution < -0.4 is 11.5 Å². The Bertz CT molecular complexity index is 84.6. The number of amides is 2. The van der Waals surface area contributed by atoms with Crippen molar-refractivity contribution >= 4 is 52.8 Å². The summed E-state index contributed by atoms with van der Waals surface area (Å²) in [5.41, 5.74) is 8.67. The van der Waals surface area contributed by atoms with E-state index in [1.807, 2.05) is 27.7 Å². The topological polar surface area (TPSA) is 86.2 Å². The van der Waals surface area contributed by atoms with Crippen LogP contribution in [-0.2, 0) is 0 Å². The van der Waals surface area contributed by atoms with Crippen LogP contribution in [0, 0.1) is 0 Å². The van der Waals surface area contributed by atoms with Gasteiger partial charge in [0.1, 0.15) is 0 Å². The molecule has 0 aliphatic rings. The average molecular weight is 293 g/mol. The molecule has 2 amide bonds. The Hall–Kier alpha value is 0.159. The van der Waals surface area contributed by atoms with Crippen molar-refractivity contribution in [1.82, 2.24) is 0 Å². The van der Waals surface area contributed by atoms with Gasteiger partial charge in [0.15, 0.2) is 0 Å². The number of nitrogens with two attached hydrogens (primary N) is 2. The summed E-state index contributed by atoms with van der Waals surface area (Å²) in [6.07, 6.45) is 0. The third-order valence-electron chi connectivity index (χ3n) is 0. The molecule has 0 aromatic rings. The van der Waals surface area contributed by atoms with E-state index in [1.165, 1.54) is 0 Å². The first-order valence-electron chi connectivity index (χ1n) is 3.43. The standard InChI is InChI=1S/2C2H6.2CH3NOS.Se/c2*1-2;2*2-1(3)4;/h2*1-2H3;2*(H3,2,3,4);. The van der Waals surface area contributed by atoms with Crippen LogP contribution in [0.15, 0.2) is 0 Å². The van der Waals surface area contributed by atoms with E-state index in [9.17, 15) is 0 Å². The van der Waals surface area contributed by atoms with E-state index in [2.05, 4.69) is 36.7 Å². The van der Waals surface area contributed by atoms with E-state index in [-0.39, 0.29) is 17.1 Å². The summed E-state index contributed by atoms with van der Waals surface area (Å²) in [7, 11) is 0. The maximum atomic E-state index is 9.09. The van der Waals surface area contributed by atoms with Crippen LogP contribution in [0.25, 0.3) is 0 Å². The van der Waals surface area contributed by atoms with Crippen molar-refractivity contribution in [3.63, 3.8) is 0 Å². The zero-order chi connectivity index (χ0) is 11.2. The number of primary amides is 2. The van der Waals surface area contributed by atoms with Gasteiger partial charge >= 0.3 is 0 Å². The maximum Gasteiger partial charge on any atom is 0.273 e. The van der Waals surface area contributed by atoms with E-state index in [0.29, 0.717) is 0 Å². The van der Waals surface area contributed by atoms with Gasteiger partial charge in [-0.25, -0.2) is 0 Å². The number of hydrogen-bond acceptors (Lipinski definition) is 2. The maximum absolute atomic E-state index is 9.09. The summed E-state index contributed by atoms with van der Waals surface area (Å²) >= 11 is 6.21. The largest absolute Gasteiger partial charge is 0.361 e. The second kappa shape index (κ2) is 39.9. The molecule has 4 nitrogen and oxygen atoms in total. The zero-order valence-corrected chi connectivity index (χ0v) is 11.8. The van der Waals surface area contributed by atoms with Crippen LogP contribution >= 0.6 is 25.3 Å². The molecule has 4 N–H and O–H groups in total. The van der Waals surface area contributed by atoms with Gasteiger partial charge in [0.05, 0.1) is 0 Å². The molecular weight excluding hydrogens is 275 g/mol. The SMILES string of the molecule is CC.CC.NC(=O)S.NC(=O)S.[Se]. The van der Waals surface area contributed by atoms with Crippen LogP contribution in [0.3, 0.4) is 0 Å². The van der Waals surface area contributed by atoms with Crippen molar-refractivity contribution in [1.29, 1.82) is 0 Å². The summed E-state index contributed by atoms with van der Waals surface area (Å²) in [5, 5.41) is -1.28. The van der Waals surface area contributed by atoms with Crippen LogP contribution in [-0.4, -0.2) is 27.5 Å². The molecule has 0 fully saturated rings. The van der Waals surface area contributed by atoms with Gasteiger partial charge in [-0.1, -0.05) is 53.0 Å². The van der Waals surface area contributed by atoms with E-state index >= 15 is 0 Å². The number of rotatable bonds is 0. The van der Waals surface area contributed by atoms with Crippen LogP contribution in [0.2, 0.25) is 0 Å². The monoisotopic (exact) mass is 294 g/mol. The van der Waals surface area contributed by atoms with Crippen molar-refractivity contribution in [2.24, 2.45) is 11.5 Å². The molecular formula is C6H18N2O2S2Se. The molecule has 0 saturated carbocycles. The summed E-state index contributed by atoms with van der Waals surface area (Å²) < 4.78 is 0. The van der Waals surface area contributed by atoms with Crippen molar-refractivity contribution in [2.45, 2.75) is 27.7 Å². The molecule has 0 aromatic heterocycles. The quantitative estimate of drug-likeness (QED) is 0.404. The third-order valence-corrected chi connectivity index (χ3v) is 0. The normalized spacial score (nSPS) is 4.77. The van der Waals surface area contributed by atoms with Gasteiger partial charge in [-0.2, -0.15) is 0 Å². The molecule has 7 heteroatoms. The Morgan fingerprint density at radius 1 is 0.846 bits per heavy atom. The number of carbonyl (C=O) groups excluding carboxylic acids is 2. The third kappa shape index (κ3) is 49300. The van der Waals surface area contributed by atoms with Crippen LogP contribution in [0.5, 0.6) is 0 Å². The first-order valence-corrected chi connectivity index (χ1v) is 4.33. The number of hydrogen-bond donors (Lipinski definition) is 4. The van der Waals surface area contributed by atoms with Crippen molar-refractivity contribution in [2.75, 3.05) is 0 Å². The van der Waals surface area contributed by atoms with Crippen molar-refractivity contribution in [3.05, 3.63) is 0 Å². The summed E-state index contributed by atoms with van der Waals surface area (Å²) in [5.74, 6) is 0. The second-order valence-corrected chi connectivity index (χ2v) is 1.56. The fourth-order valence-corrected chi connectivity index (χ4v) is 0. The van der Waals surface area contributed by atoms with Crippen molar-refractivity contribution < 1.29 is 9.59 Å². The molecule has 0 saturated heterocycles. The summed E-state index contributed by atoms with van der Waals surface area (Å²) in [6.45, 7) is 8.00. The molecule has 0 atom stereocenters. The predicted molar refractivity (Wildman–Crippen MR) is 65.6 cm³/mol. The van der Waals surface area contributed by atoms with Gasteiger partial charge in [0.2, 0.25) is 0 Å². The number of carbonyl (C=O) groups is 2. The zero-order valence-electron chi connectivity index (χ0n) is 8.27. The average Bonchev–Trinajstić information content (AvgIpc) is 1.93.